The lowest BCUT2D eigenvalue weighted by atomic mass is 9.81. The highest BCUT2D eigenvalue weighted by Crippen LogP contribution is 2.50. The van der Waals surface area contributed by atoms with E-state index in [1.807, 2.05) is 24.3 Å². The zero-order valence-corrected chi connectivity index (χ0v) is 31.5. The van der Waals surface area contributed by atoms with Crippen molar-refractivity contribution in [2.45, 2.75) is 19.3 Å². The molecule has 268 valence electrons. The maximum Gasteiger partial charge on any atom is 0.235 e. The molecule has 12 rings (SSSR count). The van der Waals surface area contributed by atoms with E-state index in [1.54, 1.807) is 0 Å². The number of benzene rings is 8. The Morgan fingerprint density at radius 1 is 0.474 bits per heavy atom. The van der Waals surface area contributed by atoms with Gasteiger partial charge < -0.3 is 4.42 Å². The predicted molar refractivity (Wildman–Crippen MR) is 235 cm³/mol. The summed E-state index contributed by atoms with van der Waals surface area (Å²) >= 11 is 0. The number of nitrogens with zero attached hydrogens (tertiary/aromatic N) is 3. The van der Waals surface area contributed by atoms with Gasteiger partial charge in [-0.3, -0.25) is 4.57 Å². The molecule has 4 nitrogen and oxygen atoms in total. The summed E-state index contributed by atoms with van der Waals surface area (Å²) in [7, 11) is 0. The highest BCUT2D eigenvalue weighted by molar-refractivity contribution is 6.22. The SMILES string of the molecule is CC1(C)c2ccccc2-c2ccc(-c3ccc4c(c3)c3c5ccccc5ccc3n4-c3nc(-c4ccccc4)c4c(ccc5cc(-c6ccccc6)oc54)n3)cc21. The van der Waals surface area contributed by atoms with E-state index in [4.69, 9.17) is 14.4 Å². The van der Waals surface area contributed by atoms with Crippen molar-refractivity contribution in [2.24, 2.45) is 0 Å². The fraction of sp³-hybridized carbons (Fsp3) is 0.0566. The lowest BCUT2D eigenvalue weighted by molar-refractivity contribution is 0.635. The monoisotopic (exact) mass is 729 g/mol. The van der Waals surface area contributed by atoms with Crippen molar-refractivity contribution in [1.29, 1.82) is 0 Å². The molecule has 0 N–H and O–H groups in total. The molecule has 0 aliphatic heterocycles. The number of hydrogen-bond donors (Lipinski definition) is 0. The van der Waals surface area contributed by atoms with Crippen molar-refractivity contribution >= 4 is 54.5 Å². The van der Waals surface area contributed by atoms with Crippen molar-refractivity contribution in [3.63, 3.8) is 0 Å². The average Bonchev–Trinajstić information content (AvgIpc) is 3.92. The predicted octanol–water partition coefficient (Wildman–Crippen LogP) is 13.9. The molecular weight excluding hydrogens is 695 g/mol. The Morgan fingerprint density at radius 3 is 2.02 bits per heavy atom. The van der Waals surface area contributed by atoms with E-state index in [0.29, 0.717) is 5.95 Å². The van der Waals surface area contributed by atoms with Crippen LogP contribution in [0, 0.1) is 0 Å². The number of aromatic nitrogens is 3. The minimum atomic E-state index is -0.0769. The Bertz CT molecular complexity index is 3430. The number of hydrogen-bond acceptors (Lipinski definition) is 3. The summed E-state index contributed by atoms with van der Waals surface area (Å²) in [5.41, 5.74) is 14.4. The number of fused-ring (bicyclic) bond motifs is 11. The van der Waals surface area contributed by atoms with E-state index < -0.39 is 0 Å². The minimum Gasteiger partial charge on any atom is -0.455 e. The smallest absolute Gasteiger partial charge is 0.235 e. The van der Waals surface area contributed by atoms with Gasteiger partial charge in [-0.05, 0) is 86.6 Å². The van der Waals surface area contributed by atoms with Crippen LogP contribution in [0.2, 0.25) is 0 Å². The Morgan fingerprint density at radius 2 is 1.16 bits per heavy atom. The zero-order chi connectivity index (χ0) is 37.8. The molecule has 4 heteroatoms. The standard InChI is InChI=1S/C53H35N3O/c1-53(2)42-20-12-11-19-39(42)40-25-21-36(30-43(40)53)35-24-27-45-41(29-35)48-38-18-10-9-13-32(38)23-28-46(48)56(45)52-54-44-26-22-37-31-47(33-14-5-3-6-15-33)57-51(37)49(44)50(55-52)34-16-7-4-8-17-34/h3-31H,1-2H3. The summed E-state index contributed by atoms with van der Waals surface area (Å²) in [4.78, 5) is 10.8. The van der Waals surface area contributed by atoms with Gasteiger partial charge in [0.2, 0.25) is 5.95 Å². The summed E-state index contributed by atoms with van der Waals surface area (Å²) in [5, 5.41) is 6.69. The molecule has 0 saturated heterocycles. The number of furan rings is 1. The maximum atomic E-state index is 6.68. The van der Waals surface area contributed by atoms with Gasteiger partial charge in [0.15, 0.2) is 0 Å². The van der Waals surface area contributed by atoms with Gasteiger partial charge in [-0.2, -0.15) is 0 Å². The maximum absolute atomic E-state index is 6.68. The molecule has 57 heavy (non-hydrogen) atoms. The highest BCUT2D eigenvalue weighted by Gasteiger charge is 2.35. The Labute approximate surface area is 329 Å². The van der Waals surface area contributed by atoms with Crippen LogP contribution in [0.3, 0.4) is 0 Å². The molecule has 8 aromatic carbocycles. The second kappa shape index (κ2) is 11.8. The molecule has 1 aliphatic rings. The Hall–Kier alpha value is -7.30. The van der Waals surface area contributed by atoms with Crippen molar-refractivity contribution in [3.8, 4) is 50.8 Å². The first-order chi connectivity index (χ1) is 28.0. The molecule has 0 amide bonds. The first kappa shape index (κ1) is 32.0. The van der Waals surface area contributed by atoms with Crippen LogP contribution in [0.4, 0.5) is 0 Å². The molecule has 0 fully saturated rings. The van der Waals surface area contributed by atoms with Crippen molar-refractivity contribution in [2.75, 3.05) is 0 Å². The third-order valence-electron chi connectivity index (χ3n) is 12.2. The van der Waals surface area contributed by atoms with E-state index >= 15 is 0 Å². The van der Waals surface area contributed by atoms with Gasteiger partial charge in [0.25, 0.3) is 0 Å². The molecule has 0 radical (unpaired) electrons. The molecule has 0 atom stereocenters. The molecule has 0 bridgehead atoms. The molecule has 11 aromatic rings. The van der Waals surface area contributed by atoms with Crippen LogP contribution in [0.25, 0.3) is 105 Å². The summed E-state index contributed by atoms with van der Waals surface area (Å²) in [6.07, 6.45) is 0. The van der Waals surface area contributed by atoms with Crippen molar-refractivity contribution < 1.29 is 4.42 Å². The lowest BCUT2D eigenvalue weighted by Crippen LogP contribution is -2.14. The van der Waals surface area contributed by atoms with Gasteiger partial charge in [0, 0.05) is 32.7 Å². The van der Waals surface area contributed by atoms with Gasteiger partial charge >= 0.3 is 0 Å². The third-order valence-corrected chi connectivity index (χ3v) is 12.2. The first-order valence-electron chi connectivity index (χ1n) is 19.6. The molecule has 1 aliphatic carbocycles. The van der Waals surface area contributed by atoms with Gasteiger partial charge in [-0.25, -0.2) is 9.97 Å². The van der Waals surface area contributed by atoms with E-state index in [9.17, 15) is 0 Å². The van der Waals surface area contributed by atoms with Crippen LogP contribution in [0.1, 0.15) is 25.0 Å². The molecule has 0 unspecified atom stereocenters. The fourth-order valence-corrected chi connectivity index (χ4v) is 9.42. The van der Waals surface area contributed by atoms with Crippen molar-refractivity contribution in [3.05, 3.63) is 187 Å². The second-order valence-electron chi connectivity index (χ2n) is 15.8. The van der Waals surface area contributed by atoms with Crippen LogP contribution in [-0.4, -0.2) is 14.5 Å². The Balaban J connectivity index is 1.11. The van der Waals surface area contributed by atoms with Gasteiger partial charge in [0.05, 0.1) is 27.6 Å². The normalized spacial score (nSPS) is 13.2. The molecule has 0 spiro atoms. The lowest BCUT2D eigenvalue weighted by Gasteiger charge is -2.22. The van der Waals surface area contributed by atoms with E-state index in [2.05, 4.69) is 170 Å². The summed E-state index contributed by atoms with van der Waals surface area (Å²) < 4.78 is 8.92. The average molecular weight is 730 g/mol. The summed E-state index contributed by atoms with van der Waals surface area (Å²) in [6, 6.07) is 62.8. The van der Waals surface area contributed by atoms with Gasteiger partial charge in [0.1, 0.15) is 11.3 Å². The molecular formula is C53H35N3O. The fourth-order valence-electron chi connectivity index (χ4n) is 9.42. The summed E-state index contributed by atoms with van der Waals surface area (Å²) in [5.74, 6) is 1.44. The molecule has 3 aromatic heterocycles. The van der Waals surface area contributed by atoms with Crippen molar-refractivity contribution in [1.82, 2.24) is 14.5 Å². The van der Waals surface area contributed by atoms with Crippen LogP contribution in [0.5, 0.6) is 0 Å². The second-order valence-corrected chi connectivity index (χ2v) is 15.8. The first-order valence-corrected chi connectivity index (χ1v) is 19.6. The summed E-state index contributed by atoms with van der Waals surface area (Å²) in [6.45, 7) is 4.69. The van der Waals surface area contributed by atoms with E-state index in [1.165, 1.54) is 54.9 Å². The van der Waals surface area contributed by atoms with Crippen LogP contribution in [-0.2, 0) is 5.41 Å². The van der Waals surface area contributed by atoms with E-state index in [-0.39, 0.29) is 5.41 Å². The topological polar surface area (TPSA) is 43.9 Å². The third kappa shape index (κ3) is 4.68. The minimum absolute atomic E-state index is 0.0769. The molecule has 0 saturated carbocycles. The largest absolute Gasteiger partial charge is 0.455 e. The van der Waals surface area contributed by atoms with Gasteiger partial charge in [-0.1, -0.05) is 147 Å². The number of rotatable bonds is 4. The van der Waals surface area contributed by atoms with Crippen LogP contribution >= 0.6 is 0 Å². The molecule has 3 heterocycles. The van der Waals surface area contributed by atoms with E-state index in [0.717, 1.165) is 55.5 Å². The highest BCUT2D eigenvalue weighted by atomic mass is 16.3. The van der Waals surface area contributed by atoms with Gasteiger partial charge in [-0.15, -0.1) is 0 Å². The quantitative estimate of drug-likeness (QED) is 0.181. The Kier molecular flexibility index (Phi) is 6.65. The zero-order valence-electron chi connectivity index (χ0n) is 31.5. The van der Waals surface area contributed by atoms with Crippen LogP contribution in [0.15, 0.2) is 180 Å². The van der Waals surface area contributed by atoms with Crippen LogP contribution < -0.4 is 0 Å².